The highest BCUT2D eigenvalue weighted by atomic mass is 32.1. The van der Waals surface area contributed by atoms with Crippen LogP contribution in [0.25, 0.3) is 0 Å². The Morgan fingerprint density at radius 3 is 2.75 bits per heavy atom. The maximum Gasteiger partial charge on any atom is 0.303 e. The highest BCUT2D eigenvalue weighted by Crippen LogP contribution is 2.38. The molecular formula is C12H15NO2S. The number of hydrogen-bond acceptors (Lipinski definition) is 3. The van der Waals surface area contributed by atoms with Crippen LogP contribution in [0.1, 0.15) is 31.6 Å². The van der Waals surface area contributed by atoms with Crippen LogP contribution in [-0.4, -0.2) is 11.1 Å². The zero-order valence-corrected chi connectivity index (χ0v) is 10.3. The van der Waals surface area contributed by atoms with E-state index in [4.69, 9.17) is 5.11 Å². The molecule has 0 amide bonds. The highest BCUT2D eigenvalue weighted by molar-refractivity contribution is 7.10. The molecule has 1 N–H and O–H groups in total. The van der Waals surface area contributed by atoms with Gasteiger partial charge < -0.3 is 5.11 Å². The number of nitriles is 1. The van der Waals surface area contributed by atoms with Gasteiger partial charge in [0.05, 0.1) is 11.5 Å². The Hall–Kier alpha value is -1.34. The van der Waals surface area contributed by atoms with Gasteiger partial charge in [-0.15, -0.1) is 11.3 Å². The van der Waals surface area contributed by atoms with Crippen molar-refractivity contribution in [2.24, 2.45) is 5.92 Å². The average molecular weight is 237 g/mol. The molecule has 1 heterocycles. The van der Waals surface area contributed by atoms with E-state index in [-0.39, 0.29) is 12.3 Å². The van der Waals surface area contributed by atoms with Gasteiger partial charge >= 0.3 is 5.97 Å². The van der Waals surface area contributed by atoms with E-state index in [1.807, 2.05) is 31.4 Å². The minimum absolute atomic E-state index is 0.0314. The lowest BCUT2D eigenvalue weighted by Gasteiger charge is -2.29. The largest absolute Gasteiger partial charge is 0.481 e. The molecule has 0 aromatic carbocycles. The normalized spacial score (nSPS) is 14.4. The summed E-state index contributed by atoms with van der Waals surface area (Å²) >= 11 is 1.52. The Balaban J connectivity index is 3.02. The second-order valence-electron chi connectivity index (χ2n) is 4.11. The van der Waals surface area contributed by atoms with Crippen LogP contribution in [0.5, 0.6) is 0 Å². The van der Waals surface area contributed by atoms with Crippen molar-refractivity contribution in [2.75, 3.05) is 0 Å². The molecular weight excluding hydrogens is 222 g/mol. The molecule has 16 heavy (non-hydrogen) atoms. The van der Waals surface area contributed by atoms with Gasteiger partial charge in [-0.05, 0) is 23.8 Å². The predicted octanol–water partition coefficient (Wildman–Crippen LogP) is 3.03. The van der Waals surface area contributed by atoms with Crippen molar-refractivity contribution in [3.63, 3.8) is 0 Å². The molecule has 0 bridgehead atoms. The molecule has 4 heteroatoms. The smallest absolute Gasteiger partial charge is 0.303 e. The Bertz CT molecular complexity index is 392. The quantitative estimate of drug-likeness (QED) is 0.856. The molecule has 0 saturated carbocycles. The van der Waals surface area contributed by atoms with Gasteiger partial charge in [0.2, 0.25) is 0 Å². The molecule has 1 aromatic rings. The van der Waals surface area contributed by atoms with E-state index in [9.17, 15) is 10.1 Å². The van der Waals surface area contributed by atoms with Gasteiger partial charge in [-0.3, -0.25) is 4.79 Å². The molecule has 1 rings (SSSR count). The van der Waals surface area contributed by atoms with Crippen molar-refractivity contribution in [3.05, 3.63) is 22.4 Å². The van der Waals surface area contributed by atoms with E-state index in [1.165, 1.54) is 11.3 Å². The molecule has 86 valence electrons. The lowest BCUT2D eigenvalue weighted by Crippen LogP contribution is -2.30. The van der Waals surface area contributed by atoms with Crippen molar-refractivity contribution in [1.29, 1.82) is 5.26 Å². The van der Waals surface area contributed by atoms with Crippen molar-refractivity contribution in [1.82, 2.24) is 0 Å². The number of thiophene rings is 1. The molecule has 1 atom stereocenters. The van der Waals surface area contributed by atoms with Gasteiger partial charge in [-0.1, -0.05) is 19.9 Å². The summed E-state index contributed by atoms with van der Waals surface area (Å²) < 4.78 is 0. The Labute approximate surface area is 99.3 Å². The number of carboxylic acids is 1. The monoisotopic (exact) mass is 237 g/mol. The highest BCUT2D eigenvalue weighted by Gasteiger charge is 2.37. The lowest BCUT2D eigenvalue weighted by atomic mass is 9.74. The second-order valence-corrected chi connectivity index (χ2v) is 5.06. The van der Waals surface area contributed by atoms with Crippen molar-refractivity contribution in [3.8, 4) is 6.07 Å². The standard InChI is InChI=1S/C12H15NO2S/c1-9(2)12(8-13,6-5-11(14)15)10-4-3-7-16-10/h3-4,7,9H,5-6H2,1-2H3,(H,14,15)/t12-/m1/s1. The van der Waals surface area contributed by atoms with E-state index in [1.54, 1.807) is 0 Å². The molecule has 1 aromatic heterocycles. The fourth-order valence-corrected chi connectivity index (χ4v) is 2.83. The van der Waals surface area contributed by atoms with Gasteiger partial charge in [-0.2, -0.15) is 5.26 Å². The maximum atomic E-state index is 10.6. The van der Waals surface area contributed by atoms with E-state index in [0.29, 0.717) is 6.42 Å². The summed E-state index contributed by atoms with van der Waals surface area (Å²) in [7, 11) is 0. The molecule has 0 unspecified atom stereocenters. The molecule has 0 aliphatic carbocycles. The number of aliphatic carboxylic acids is 1. The average Bonchev–Trinajstić information content (AvgIpc) is 2.72. The van der Waals surface area contributed by atoms with Gasteiger partial charge in [0.25, 0.3) is 0 Å². The van der Waals surface area contributed by atoms with Crippen LogP contribution in [0.4, 0.5) is 0 Å². The third kappa shape index (κ3) is 2.42. The van der Waals surface area contributed by atoms with E-state index < -0.39 is 11.4 Å². The molecule has 0 radical (unpaired) electrons. The molecule has 0 aliphatic heterocycles. The Kier molecular flexibility index (Phi) is 4.08. The minimum Gasteiger partial charge on any atom is -0.481 e. The minimum atomic E-state index is -0.850. The number of carbonyl (C=O) groups is 1. The number of carboxylic acid groups (broad SMARTS) is 1. The maximum absolute atomic E-state index is 10.6. The summed E-state index contributed by atoms with van der Waals surface area (Å²) in [6.07, 6.45) is 0.403. The van der Waals surface area contributed by atoms with Crippen LogP contribution in [0.2, 0.25) is 0 Å². The van der Waals surface area contributed by atoms with Crippen molar-refractivity contribution in [2.45, 2.75) is 32.1 Å². The number of nitrogens with zero attached hydrogens (tertiary/aromatic N) is 1. The third-order valence-corrected chi connectivity index (χ3v) is 3.93. The van der Waals surface area contributed by atoms with Crippen LogP contribution in [0.15, 0.2) is 17.5 Å². The van der Waals surface area contributed by atoms with Crippen LogP contribution in [0, 0.1) is 17.2 Å². The lowest BCUT2D eigenvalue weighted by molar-refractivity contribution is -0.137. The third-order valence-electron chi connectivity index (χ3n) is 2.88. The number of rotatable bonds is 5. The van der Waals surface area contributed by atoms with Gasteiger partial charge in [0.15, 0.2) is 0 Å². The van der Waals surface area contributed by atoms with Gasteiger partial charge in [0.1, 0.15) is 0 Å². The fraction of sp³-hybridized carbons (Fsp3) is 0.500. The summed E-state index contributed by atoms with van der Waals surface area (Å²) in [6, 6.07) is 6.13. The molecule has 0 fully saturated rings. The zero-order valence-electron chi connectivity index (χ0n) is 9.43. The van der Waals surface area contributed by atoms with Crippen LogP contribution < -0.4 is 0 Å². The van der Waals surface area contributed by atoms with Crippen LogP contribution in [-0.2, 0) is 10.2 Å². The Morgan fingerprint density at radius 2 is 2.38 bits per heavy atom. The van der Waals surface area contributed by atoms with Crippen molar-refractivity contribution >= 4 is 17.3 Å². The summed E-state index contributed by atoms with van der Waals surface area (Å²) in [6.45, 7) is 3.93. The molecule has 0 aliphatic rings. The van der Waals surface area contributed by atoms with Crippen LogP contribution in [0.3, 0.4) is 0 Å². The molecule has 0 saturated heterocycles. The zero-order chi connectivity index (χ0) is 12.2. The SMILES string of the molecule is CC(C)[C@](C#N)(CCC(=O)O)c1cccs1. The first-order valence-electron chi connectivity index (χ1n) is 5.20. The second kappa shape index (κ2) is 5.13. The molecule has 3 nitrogen and oxygen atoms in total. The van der Waals surface area contributed by atoms with E-state index in [2.05, 4.69) is 6.07 Å². The summed E-state index contributed by atoms with van der Waals surface area (Å²) in [5.41, 5.74) is -0.660. The first kappa shape index (κ1) is 12.7. The predicted molar refractivity (Wildman–Crippen MR) is 63.3 cm³/mol. The summed E-state index contributed by atoms with van der Waals surface area (Å²) in [4.78, 5) is 11.6. The first-order chi connectivity index (χ1) is 7.53. The fourth-order valence-electron chi connectivity index (χ4n) is 1.77. The van der Waals surface area contributed by atoms with Gasteiger partial charge in [0, 0.05) is 11.3 Å². The summed E-state index contributed by atoms with van der Waals surface area (Å²) in [5.74, 6) is -0.743. The van der Waals surface area contributed by atoms with Crippen molar-refractivity contribution < 1.29 is 9.90 Å². The van der Waals surface area contributed by atoms with Crippen LogP contribution >= 0.6 is 11.3 Å². The summed E-state index contributed by atoms with van der Waals surface area (Å²) in [5, 5.41) is 20.1. The van der Waals surface area contributed by atoms with E-state index in [0.717, 1.165) is 4.88 Å². The topological polar surface area (TPSA) is 61.1 Å². The number of hydrogen-bond donors (Lipinski definition) is 1. The van der Waals surface area contributed by atoms with E-state index >= 15 is 0 Å². The van der Waals surface area contributed by atoms with Gasteiger partial charge in [-0.25, -0.2) is 0 Å². The Morgan fingerprint density at radius 1 is 1.69 bits per heavy atom. The molecule has 0 spiro atoms. The first-order valence-corrected chi connectivity index (χ1v) is 6.08.